The highest BCUT2D eigenvalue weighted by molar-refractivity contribution is 7.13. The fraction of sp³-hybridized carbons (Fsp3) is 0.444. The van der Waals surface area contributed by atoms with Gasteiger partial charge in [0.25, 0.3) is 0 Å². The number of hydroxylamine groups is 3. The number of hydrogen-bond acceptors (Lipinski definition) is 2. The fourth-order valence-corrected chi connectivity index (χ4v) is 4.91. The van der Waals surface area contributed by atoms with E-state index in [9.17, 15) is 5.21 Å². The number of thiophene rings is 1. The van der Waals surface area contributed by atoms with Gasteiger partial charge in [0.15, 0.2) is 0 Å². The highest BCUT2D eigenvalue weighted by atomic mass is 32.1. The van der Waals surface area contributed by atoms with E-state index in [0.29, 0.717) is 17.9 Å². The Balaban J connectivity index is 1.48. The highest BCUT2D eigenvalue weighted by Crippen LogP contribution is 2.52. The van der Waals surface area contributed by atoms with Gasteiger partial charge in [0.2, 0.25) is 0 Å². The minimum Gasteiger partial charge on any atom is -0.633 e. The topological polar surface area (TPSA) is 50.7 Å². The highest BCUT2D eigenvalue weighted by Gasteiger charge is 2.46. The van der Waals surface area contributed by atoms with Gasteiger partial charge in [0, 0.05) is 10.8 Å². The van der Waals surface area contributed by atoms with Gasteiger partial charge in [-0.25, -0.2) is 0 Å². The Labute approximate surface area is 135 Å². The summed E-state index contributed by atoms with van der Waals surface area (Å²) >= 11 is 1.82. The standard InChI is InChI=1S/C18H22N2OS/c19-15-6-8-20(21,12-15)11-14-10-17(14)16-7-9-22-18(16)13-4-2-1-3-5-13/h1-5,7,9,14-15,17H,6,8,10-12,19H2/p+1. The molecular weight excluding hydrogens is 292 g/mol. The van der Waals surface area contributed by atoms with Crippen LogP contribution in [0, 0.1) is 11.1 Å². The molecule has 1 saturated heterocycles. The van der Waals surface area contributed by atoms with Gasteiger partial charge in [-0.3, -0.25) is 0 Å². The molecule has 2 fully saturated rings. The van der Waals surface area contributed by atoms with Crippen molar-refractivity contribution in [2.45, 2.75) is 24.8 Å². The van der Waals surface area contributed by atoms with Crippen LogP contribution in [0.2, 0.25) is 0 Å². The first-order chi connectivity index (χ1) is 10.6. The lowest BCUT2D eigenvalue weighted by atomic mass is 10.1. The van der Waals surface area contributed by atoms with Crippen molar-refractivity contribution in [2.24, 2.45) is 5.92 Å². The minimum atomic E-state index is 0.000140. The molecule has 22 heavy (non-hydrogen) atoms. The van der Waals surface area contributed by atoms with Crippen LogP contribution in [-0.2, 0) is 0 Å². The largest absolute Gasteiger partial charge is 0.633 e. The maximum atomic E-state index is 12.7. The molecular formula is C18H23N2OS+. The van der Waals surface area contributed by atoms with Crippen LogP contribution in [0.4, 0.5) is 0 Å². The van der Waals surface area contributed by atoms with Crippen LogP contribution < -0.4 is 5.73 Å². The second kappa shape index (κ2) is 5.46. The molecule has 0 amide bonds. The molecule has 2 aliphatic rings. The Morgan fingerprint density at radius 1 is 1.23 bits per heavy atom. The summed E-state index contributed by atoms with van der Waals surface area (Å²) in [6.45, 7) is 2.28. The Bertz CT molecular complexity index is 656. The molecule has 2 aromatic rings. The van der Waals surface area contributed by atoms with E-state index in [4.69, 9.17) is 0 Å². The number of quaternary nitrogens is 2. The summed E-state index contributed by atoms with van der Waals surface area (Å²) in [4.78, 5) is 1.39. The van der Waals surface area contributed by atoms with E-state index >= 15 is 0 Å². The van der Waals surface area contributed by atoms with E-state index < -0.39 is 0 Å². The van der Waals surface area contributed by atoms with Gasteiger partial charge in [-0.1, -0.05) is 30.3 Å². The molecule has 1 aromatic carbocycles. The van der Waals surface area contributed by atoms with Crippen molar-refractivity contribution in [3.05, 3.63) is 52.5 Å². The molecule has 1 saturated carbocycles. The van der Waals surface area contributed by atoms with Crippen LogP contribution >= 0.6 is 11.3 Å². The Hall–Kier alpha value is -1.20. The second-order valence-corrected chi connectivity index (χ2v) is 7.89. The molecule has 3 N–H and O–H groups in total. The number of rotatable bonds is 4. The fourth-order valence-electron chi connectivity index (χ4n) is 3.93. The van der Waals surface area contributed by atoms with Crippen molar-refractivity contribution in [2.75, 3.05) is 19.6 Å². The van der Waals surface area contributed by atoms with Gasteiger partial charge in [-0.05, 0) is 34.9 Å². The van der Waals surface area contributed by atoms with E-state index in [2.05, 4.69) is 47.5 Å². The molecule has 0 bridgehead atoms. The summed E-state index contributed by atoms with van der Waals surface area (Å²) in [7, 11) is 0. The minimum absolute atomic E-state index is 0.000140. The summed E-state index contributed by atoms with van der Waals surface area (Å²) in [5.74, 6) is 1.16. The zero-order valence-electron chi connectivity index (χ0n) is 12.8. The van der Waals surface area contributed by atoms with E-state index in [1.807, 2.05) is 11.3 Å². The van der Waals surface area contributed by atoms with Crippen LogP contribution in [-0.4, -0.2) is 30.3 Å². The van der Waals surface area contributed by atoms with E-state index in [0.717, 1.165) is 26.1 Å². The first-order valence-corrected chi connectivity index (χ1v) is 9.05. The Morgan fingerprint density at radius 3 is 2.77 bits per heavy atom. The van der Waals surface area contributed by atoms with Crippen LogP contribution in [0.5, 0.6) is 0 Å². The van der Waals surface area contributed by atoms with Crippen LogP contribution in [0.25, 0.3) is 10.4 Å². The van der Waals surface area contributed by atoms with E-state index in [-0.39, 0.29) is 4.65 Å². The van der Waals surface area contributed by atoms with Gasteiger partial charge in [0.05, 0.1) is 19.5 Å². The third-order valence-electron chi connectivity index (χ3n) is 5.16. The average Bonchev–Trinajstić information content (AvgIpc) is 2.95. The molecule has 0 radical (unpaired) electrons. The smallest absolute Gasteiger partial charge is 0.140 e. The van der Waals surface area contributed by atoms with Crippen molar-refractivity contribution >= 4 is 11.3 Å². The number of benzene rings is 1. The summed E-state index contributed by atoms with van der Waals surface area (Å²) < 4.78 is 0.000140. The molecule has 1 aliphatic carbocycles. The van der Waals surface area contributed by atoms with Gasteiger partial charge in [-0.2, -0.15) is 0 Å². The lowest BCUT2D eigenvalue weighted by Crippen LogP contribution is -2.63. The van der Waals surface area contributed by atoms with Crippen molar-refractivity contribution in [3.63, 3.8) is 0 Å². The SMILES string of the molecule is [NH3+]C1CC[N+]([O-])(CC2CC2c2ccsc2-c2ccccc2)C1. The van der Waals surface area contributed by atoms with Crippen LogP contribution in [0.1, 0.15) is 24.3 Å². The molecule has 3 nitrogen and oxygen atoms in total. The van der Waals surface area contributed by atoms with Crippen molar-refractivity contribution < 1.29 is 10.4 Å². The van der Waals surface area contributed by atoms with Gasteiger partial charge in [0.1, 0.15) is 12.6 Å². The summed E-state index contributed by atoms with van der Waals surface area (Å²) in [5.41, 5.74) is 6.83. The summed E-state index contributed by atoms with van der Waals surface area (Å²) in [6.07, 6.45) is 2.18. The van der Waals surface area contributed by atoms with Crippen LogP contribution in [0.15, 0.2) is 41.8 Å². The average molecular weight is 315 g/mol. The lowest BCUT2D eigenvalue weighted by molar-refractivity contribution is -0.874. The van der Waals surface area contributed by atoms with Crippen molar-refractivity contribution in [1.82, 2.24) is 0 Å². The zero-order chi connectivity index (χ0) is 15.2. The third kappa shape index (κ3) is 2.72. The molecule has 116 valence electrons. The third-order valence-corrected chi connectivity index (χ3v) is 6.14. The second-order valence-electron chi connectivity index (χ2n) is 6.97. The van der Waals surface area contributed by atoms with Gasteiger partial charge in [-0.15, -0.1) is 11.3 Å². The number of likely N-dealkylation sites (tertiary alicyclic amines) is 1. The number of hydrogen-bond donors (Lipinski definition) is 1. The van der Waals surface area contributed by atoms with Gasteiger partial charge >= 0.3 is 0 Å². The van der Waals surface area contributed by atoms with Crippen molar-refractivity contribution in [3.8, 4) is 10.4 Å². The molecule has 4 unspecified atom stereocenters. The first kappa shape index (κ1) is 14.4. The molecule has 2 heterocycles. The molecule has 1 aliphatic heterocycles. The lowest BCUT2D eigenvalue weighted by Gasteiger charge is -2.38. The molecule has 0 spiro atoms. The normalized spacial score (nSPS) is 34.0. The molecule has 4 rings (SSSR count). The van der Waals surface area contributed by atoms with Crippen LogP contribution in [0.3, 0.4) is 0 Å². The van der Waals surface area contributed by atoms with E-state index in [1.165, 1.54) is 22.4 Å². The van der Waals surface area contributed by atoms with Crippen molar-refractivity contribution in [1.29, 1.82) is 0 Å². The molecule has 4 atom stereocenters. The monoisotopic (exact) mass is 315 g/mol. The summed E-state index contributed by atoms with van der Waals surface area (Å²) in [6, 6.07) is 13.2. The predicted octanol–water partition coefficient (Wildman–Crippen LogP) is 2.85. The maximum absolute atomic E-state index is 12.7. The molecule has 1 aromatic heterocycles. The van der Waals surface area contributed by atoms with E-state index in [1.54, 1.807) is 0 Å². The summed E-state index contributed by atoms with van der Waals surface area (Å²) in [5, 5.41) is 14.9. The first-order valence-electron chi connectivity index (χ1n) is 8.18. The van der Waals surface area contributed by atoms with Gasteiger partial charge < -0.3 is 15.6 Å². The molecule has 4 heteroatoms. The quantitative estimate of drug-likeness (QED) is 0.684. The zero-order valence-corrected chi connectivity index (χ0v) is 13.6. The maximum Gasteiger partial charge on any atom is 0.140 e. The Kier molecular flexibility index (Phi) is 3.57. The predicted molar refractivity (Wildman–Crippen MR) is 90.1 cm³/mol. The number of nitrogens with zero attached hydrogens (tertiary/aromatic N) is 1. The Morgan fingerprint density at radius 2 is 2.05 bits per heavy atom.